The Balaban J connectivity index is 1.26. The predicted molar refractivity (Wildman–Crippen MR) is 257 cm³/mol. The zero-order valence-corrected chi connectivity index (χ0v) is 33.2. The molecule has 0 saturated carbocycles. The van der Waals surface area contributed by atoms with E-state index in [1.54, 1.807) is 0 Å². The Morgan fingerprint density at radius 1 is 0.317 bits per heavy atom. The summed E-state index contributed by atoms with van der Waals surface area (Å²) in [6, 6.07) is 77.8. The van der Waals surface area contributed by atoms with Gasteiger partial charge in [0.15, 0.2) is 0 Å². The number of nitrogens with zero attached hydrogens (tertiary/aromatic N) is 2. The van der Waals surface area contributed by atoms with Crippen LogP contribution in [0.2, 0.25) is 0 Å². The molecule has 0 amide bonds. The minimum absolute atomic E-state index is 0.975. The van der Waals surface area contributed by atoms with Crippen LogP contribution in [-0.2, 0) is 0 Å². The molecule has 0 aromatic heterocycles. The minimum Gasteiger partial charge on any atom is -0.314 e. The van der Waals surface area contributed by atoms with Gasteiger partial charge in [-0.2, -0.15) is 0 Å². The molecule has 11 rings (SSSR count). The monoisotopic (exact) mass is 766 g/mol. The Kier molecular flexibility index (Phi) is 9.02. The summed E-state index contributed by atoms with van der Waals surface area (Å²) < 4.78 is 0. The molecule has 1 aliphatic rings. The predicted octanol–water partition coefficient (Wildman–Crippen LogP) is 16.5. The summed E-state index contributed by atoms with van der Waals surface area (Å²) in [6.07, 6.45) is 8.74. The van der Waals surface area contributed by atoms with Crippen molar-refractivity contribution < 1.29 is 0 Å². The second-order valence-corrected chi connectivity index (χ2v) is 15.6. The first-order valence-electron chi connectivity index (χ1n) is 20.9. The van der Waals surface area contributed by atoms with Gasteiger partial charge in [0.2, 0.25) is 0 Å². The van der Waals surface area contributed by atoms with Crippen LogP contribution in [0, 0.1) is 0 Å². The van der Waals surface area contributed by atoms with E-state index in [1.165, 1.54) is 71.0 Å². The highest BCUT2D eigenvalue weighted by molar-refractivity contribution is 6.23. The third-order valence-electron chi connectivity index (χ3n) is 12.0. The van der Waals surface area contributed by atoms with Gasteiger partial charge in [-0.25, -0.2) is 0 Å². The SMILES string of the molecule is C1=CCCC(N(c2ccccc2)c2ccc3c(-c4ccc5ccccc5c4)c4cc(N(c5ccccc5)c5ccccc5)ccc4c(-c4ccc5ccccc5c4)c3c2)=C1. The zero-order chi connectivity index (χ0) is 39.8. The smallest absolute Gasteiger partial charge is 0.0468 e. The largest absolute Gasteiger partial charge is 0.314 e. The lowest BCUT2D eigenvalue weighted by molar-refractivity contribution is 0.918. The first-order valence-corrected chi connectivity index (χ1v) is 20.9. The molecular weight excluding hydrogens is 725 g/mol. The van der Waals surface area contributed by atoms with E-state index in [0.29, 0.717) is 0 Å². The molecule has 60 heavy (non-hydrogen) atoms. The molecule has 284 valence electrons. The Hall–Kier alpha value is -7.68. The topological polar surface area (TPSA) is 6.48 Å². The van der Waals surface area contributed by atoms with E-state index in [2.05, 4.69) is 240 Å². The third kappa shape index (κ3) is 6.40. The van der Waals surface area contributed by atoms with E-state index in [-0.39, 0.29) is 0 Å². The molecule has 10 aromatic carbocycles. The molecule has 0 fully saturated rings. The molecule has 0 heterocycles. The van der Waals surface area contributed by atoms with E-state index in [4.69, 9.17) is 0 Å². The molecule has 2 nitrogen and oxygen atoms in total. The molecule has 0 unspecified atom stereocenters. The van der Waals surface area contributed by atoms with Crippen LogP contribution < -0.4 is 9.80 Å². The van der Waals surface area contributed by atoms with Crippen LogP contribution in [0.15, 0.2) is 236 Å². The molecule has 2 heteroatoms. The molecule has 10 aromatic rings. The number of para-hydroxylation sites is 3. The van der Waals surface area contributed by atoms with E-state index < -0.39 is 0 Å². The van der Waals surface area contributed by atoms with E-state index in [9.17, 15) is 0 Å². The molecule has 1 aliphatic carbocycles. The first-order chi connectivity index (χ1) is 29.8. The van der Waals surface area contributed by atoms with Crippen LogP contribution >= 0.6 is 0 Å². The van der Waals surface area contributed by atoms with Gasteiger partial charge in [-0.15, -0.1) is 0 Å². The highest BCUT2D eigenvalue weighted by atomic mass is 15.2. The van der Waals surface area contributed by atoms with Crippen molar-refractivity contribution in [3.63, 3.8) is 0 Å². The summed E-state index contributed by atoms with van der Waals surface area (Å²) in [5.41, 5.74) is 11.8. The van der Waals surface area contributed by atoms with E-state index >= 15 is 0 Å². The fourth-order valence-corrected chi connectivity index (χ4v) is 9.23. The second kappa shape index (κ2) is 15.2. The van der Waals surface area contributed by atoms with Crippen molar-refractivity contribution >= 4 is 71.5 Å². The van der Waals surface area contributed by atoms with Crippen LogP contribution in [0.3, 0.4) is 0 Å². The maximum atomic E-state index is 2.45. The average molecular weight is 767 g/mol. The highest BCUT2D eigenvalue weighted by Crippen LogP contribution is 2.48. The fraction of sp³-hybridized carbons (Fsp3) is 0.0345. The summed E-state index contributed by atoms with van der Waals surface area (Å²) in [7, 11) is 0. The number of allylic oxidation sites excluding steroid dienone is 4. The minimum atomic E-state index is 0.975. The lowest BCUT2D eigenvalue weighted by Crippen LogP contribution is -2.17. The summed E-state index contributed by atoms with van der Waals surface area (Å²) >= 11 is 0. The van der Waals surface area contributed by atoms with Gasteiger partial charge >= 0.3 is 0 Å². The maximum absolute atomic E-state index is 2.45. The molecule has 0 saturated heterocycles. The second-order valence-electron chi connectivity index (χ2n) is 15.6. The Labute approximate surface area is 351 Å². The van der Waals surface area contributed by atoms with Crippen LogP contribution in [-0.4, -0.2) is 0 Å². The summed E-state index contributed by atoms with van der Waals surface area (Å²) in [6.45, 7) is 0. The molecule has 0 N–H and O–H groups in total. The number of hydrogen-bond acceptors (Lipinski definition) is 2. The van der Waals surface area contributed by atoms with Gasteiger partial charge in [-0.05, 0) is 157 Å². The lowest BCUT2D eigenvalue weighted by Gasteiger charge is -2.30. The van der Waals surface area contributed by atoms with Gasteiger partial charge in [-0.1, -0.05) is 152 Å². The summed E-state index contributed by atoms with van der Waals surface area (Å²) in [5, 5.41) is 9.80. The molecule has 0 bridgehead atoms. The lowest BCUT2D eigenvalue weighted by atomic mass is 9.84. The van der Waals surface area contributed by atoms with Crippen molar-refractivity contribution in [2.45, 2.75) is 12.8 Å². The fourth-order valence-electron chi connectivity index (χ4n) is 9.23. The van der Waals surface area contributed by atoms with Crippen LogP contribution in [0.1, 0.15) is 12.8 Å². The number of rotatable bonds is 8. The maximum Gasteiger partial charge on any atom is 0.0468 e. The molecule has 0 radical (unpaired) electrons. The van der Waals surface area contributed by atoms with Gasteiger partial charge in [0, 0.05) is 34.1 Å². The van der Waals surface area contributed by atoms with Crippen LogP contribution in [0.5, 0.6) is 0 Å². The van der Waals surface area contributed by atoms with Gasteiger partial charge in [0.05, 0.1) is 0 Å². The molecular formula is C58H42N2. The Bertz CT molecular complexity index is 3220. The standard InChI is InChI=1S/C58H42N2/c1-5-21-47(22-6-1)59(48-23-7-2-8-24-48)51-33-35-53-55(39-51)57(45-31-29-41-17-13-15-19-43(41)37-45)54-36-34-52(60(49-25-9-3-10-26-49)50-27-11-4-12-28-50)40-56(54)58(53)46-32-30-42-18-14-16-20-44(42)38-46/h1-11,13-27,29-40H,12,28H2. The normalized spacial score (nSPS) is 12.6. The summed E-state index contributed by atoms with van der Waals surface area (Å²) in [4.78, 5) is 4.82. The van der Waals surface area contributed by atoms with Gasteiger partial charge in [0.1, 0.15) is 0 Å². The highest BCUT2D eigenvalue weighted by Gasteiger charge is 2.23. The van der Waals surface area contributed by atoms with Crippen molar-refractivity contribution in [2.75, 3.05) is 9.80 Å². The van der Waals surface area contributed by atoms with E-state index in [0.717, 1.165) is 41.3 Å². The van der Waals surface area contributed by atoms with Gasteiger partial charge in [-0.3, -0.25) is 0 Å². The van der Waals surface area contributed by atoms with Crippen LogP contribution in [0.4, 0.5) is 28.4 Å². The quantitative estimate of drug-likeness (QED) is 0.142. The Morgan fingerprint density at radius 2 is 0.750 bits per heavy atom. The number of fused-ring (bicyclic) bond motifs is 4. The first kappa shape index (κ1) is 35.5. The van der Waals surface area contributed by atoms with Crippen molar-refractivity contribution in [3.8, 4) is 22.3 Å². The van der Waals surface area contributed by atoms with Gasteiger partial charge < -0.3 is 9.80 Å². The number of anilines is 5. The average Bonchev–Trinajstić information content (AvgIpc) is 3.32. The van der Waals surface area contributed by atoms with E-state index in [1.807, 2.05) is 0 Å². The third-order valence-corrected chi connectivity index (χ3v) is 12.0. The van der Waals surface area contributed by atoms with Crippen molar-refractivity contribution in [2.24, 2.45) is 0 Å². The molecule has 0 aliphatic heterocycles. The van der Waals surface area contributed by atoms with Crippen molar-refractivity contribution in [1.29, 1.82) is 0 Å². The van der Waals surface area contributed by atoms with Gasteiger partial charge in [0.25, 0.3) is 0 Å². The molecule has 0 atom stereocenters. The molecule has 0 spiro atoms. The summed E-state index contributed by atoms with van der Waals surface area (Å²) in [5.74, 6) is 0. The Morgan fingerprint density at radius 3 is 1.22 bits per heavy atom. The number of benzene rings is 10. The van der Waals surface area contributed by atoms with Crippen molar-refractivity contribution in [3.05, 3.63) is 236 Å². The van der Waals surface area contributed by atoms with Crippen molar-refractivity contribution in [1.82, 2.24) is 0 Å². The number of hydrogen-bond donors (Lipinski definition) is 0. The zero-order valence-electron chi connectivity index (χ0n) is 33.2. The van der Waals surface area contributed by atoms with Crippen LogP contribution in [0.25, 0.3) is 65.3 Å².